The molecule has 2 heterocycles. The maximum Gasteiger partial charge on any atom is 0.227 e. The van der Waals surface area contributed by atoms with Crippen LogP contribution in [0.25, 0.3) is 0 Å². The Morgan fingerprint density at radius 1 is 1.43 bits per heavy atom. The molecule has 2 aromatic rings. The zero-order chi connectivity index (χ0) is 14.8. The van der Waals surface area contributed by atoms with Crippen molar-refractivity contribution in [1.29, 1.82) is 0 Å². The van der Waals surface area contributed by atoms with Crippen LogP contribution in [0.5, 0.6) is 0 Å². The number of likely N-dealkylation sites (tertiary alicyclic amines) is 1. The summed E-state index contributed by atoms with van der Waals surface area (Å²) >= 11 is 5.87. The topological polar surface area (TPSA) is 61.9 Å². The summed E-state index contributed by atoms with van der Waals surface area (Å²) in [6.07, 6.45) is 2.30. The summed E-state index contributed by atoms with van der Waals surface area (Å²) in [5, 5.41) is 7.73. The molecule has 1 fully saturated rings. The molecular formula is C15H17ClN4O. The van der Waals surface area contributed by atoms with Gasteiger partial charge in [0.15, 0.2) is 5.82 Å². The summed E-state index contributed by atoms with van der Waals surface area (Å²) in [5.74, 6) is 1.61. The van der Waals surface area contributed by atoms with E-state index in [1.165, 1.54) is 0 Å². The summed E-state index contributed by atoms with van der Waals surface area (Å²) in [5.41, 5.74) is 0.973. The van der Waals surface area contributed by atoms with E-state index < -0.39 is 0 Å². The van der Waals surface area contributed by atoms with E-state index in [9.17, 15) is 4.79 Å². The number of amides is 1. The third kappa shape index (κ3) is 3.08. The Labute approximate surface area is 128 Å². The first-order valence-electron chi connectivity index (χ1n) is 7.06. The summed E-state index contributed by atoms with van der Waals surface area (Å²) < 4.78 is 0. The Kier molecular flexibility index (Phi) is 3.92. The molecular weight excluding hydrogens is 288 g/mol. The molecule has 1 N–H and O–H groups in total. The molecule has 1 amide bonds. The van der Waals surface area contributed by atoms with Crippen LogP contribution in [0.2, 0.25) is 5.02 Å². The SMILES string of the molecule is Cc1nc([C@@H]2CCCN2C(=O)Cc2ccc(Cl)cc2)n[nH]1. The van der Waals surface area contributed by atoms with Gasteiger partial charge in [-0.2, -0.15) is 5.10 Å². The van der Waals surface area contributed by atoms with Crippen molar-refractivity contribution in [3.8, 4) is 0 Å². The molecule has 0 spiro atoms. The highest BCUT2D eigenvalue weighted by atomic mass is 35.5. The second-order valence-electron chi connectivity index (χ2n) is 5.33. The number of nitrogens with one attached hydrogen (secondary N) is 1. The van der Waals surface area contributed by atoms with Crippen LogP contribution >= 0.6 is 11.6 Å². The molecule has 1 saturated heterocycles. The molecule has 1 aliphatic heterocycles. The molecule has 0 aliphatic carbocycles. The van der Waals surface area contributed by atoms with Crippen LogP contribution in [-0.2, 0) is 11.2 Å². The second kappa shape index (κ2) is 5.85. The van der Waals surface area contributed by atoms with Crippen LogP contribution in [-0.4, -0.2) is 32.5 Å². The van der Waals surface area contributed by atoms with Gasteiger partial charge in [0.2, 0.25) is 5.91 Å². The lowest BCUT2D eigenvalue weighted by Gasteiger charge is -2.22. The van der Waals surface area contributed by atoms with Crippen LogP contribution in [0, 0.1) is 6.92 Å². The van der Waals surface area contributed by atoms with Gasteiger partial charge in [-0.05, 0) is 37.5 Å². The van der Waals surface area contributed by atoms with E-state index in [4.69, 9.17) is 11.6 Å². The number of carbonyl (C=O) groups is 1. The molecule has 1 aromatic carbocycles. The fourth-order valence-corrected chi connectivity index (χ4v) is 2.85. The van der Waals surface area contributed by atoms with Crippen molar-refractivity contribution in [2.45, 2.75) is 32.2 Å². The van der Waals surface area contributed by atoms with Crippen molar-refractivity contribution < 1.29 is 4.79 Å². The van der Waals surface area contributed by atoms with Gasteiger partial charge in [-0.25, -0.2) is 4.98 Å². The molecule has 0 unspecified atom stereocenters. The number of nitrogens with zero attached hydrogens (tertiary/aromatic N) is 3. The zero-order valence-corrected chi connectivity index (χ0v) is 12.6. The van der Waals surface area contributed by atoms with Crippen LogP contribution in [0.3, 0.4) is 0 Å². The molecule has 0 radical (unpaired) electrons. The lowest BCUT2D eigenvalue weighted by atomic mass is 10.1. The van der Waals surface area contributed by atoms with Crippen molar-refractivity contribution >= 4 is 17.5 Å². The number of hydrogen-bond acceptors (Lipinski definition) is 3. The third-order valence-electron chi connectivity index (χ3n) is 3.75. The number of halogens is 1. The fraction of sp³-hybridized carbons (Fsp3) is 0.400. The second-order valence-corrected chi connectivity index (χ2v) is 5.76. The molecule has 5 nitrogen and oxygen atoms in total. The van der Waals surface area contributed by atoms with E-state index >= 15 is 0 Å². The quantitative estimate of drug-likeness (QED) is 0.948. The number of benzene rings is 1. The van der Waals surface area contributed by atoms with Crippen LogP contribution in [0.15, 0.2) is 24.3 Å². The van der Waals surface area contributed by atoms with Gasteiger partial charge in [0, 0.05) is 11.6 Å². The van der Waals surface area contributed by atoms with Crippen LogP contribution in [0.4, 0.5) is 0 Å². The van der Waals surface area contributed by atoms with Crippen molar-refractivity contribution in [3.63, 3.8) is 0 Å². The molecule has 3 rings (SSSR count). The highest BCUT2D eigenvalue weighted by molar-refractivity contribution is 6.30. The first kappa shape index (κ1) is 14.1. The molecule has 21 heavy (non-hydrogen) atoms. The maximum atomic E-state index is 12.5. The molecule has 110 valence electrons. The number of rotatable bonds is 3. The molecule has 1 aromatic heterocycles. The Morgan fingerprint density at radius 2 is 2.19 bits per heavy atom. The van der Waals surface area contributed by atoms with Crippen molar-refractivity contribution in [2.75, 3.05) is 6.54 Å². The highest BCUT2D eigenvalue weighted by Gasteiger charge is 2.32. The Balaban J connectivity index is 1.72. The van der Waals surface area contributed by atoms with Crippen molar-refractivity contribution in [1.82, 2.24) is 20.1 Å². The summed E-state index contributed by atoms with van der Waals surface area (Å²) in [6, 6.07) is 7.40. The van der Waals surface area contributed by atoms with E-state index in [0.717, 1.165) is 36.6 Å². The number of aromatic nitrogens is 3. The van der Waals surface area contributed by atoms with Crippen molar-refractivity contribution in [3.05, 3.63) is 46.5 Å². The van der Waals surface area contributed by atoms with Crippen LogP contribution < -0.4 is 0 Å². The van der Waals surface area contributed by atoms with Gasteiger partial charge in [0.1, 0.15) is 5.82 Å². The van der Waals surface area contributed by atoms with Gasteiger partial charge < -0.3 is 4.90 Å². The lowest BCUT2D eigenvalue weighted by molar-refractivity contribution is -0.131. The Hall–Kier alpha value is -1.88. The molecule has 0 bridgehead atoms. The predicted molar refractivity (Wildman–Crippen MR) is 80.0 cm³/mol. The molecule has 6 heteroatoms. The summed E-state index contributed by atoms with van der Waals surface area (Å²) in [4.78, 5) is 18.8. The van der Waals surface area contributed by atoms with E-state index in [1.54, 1.807) is 0 Å². The zero-order valence-electron chi connectivity index (χ0n) is 11.8. The average Bonchev–Trinajstić information content (AvgIpc) is 3.09. The smallest absolute Gasteiger partial charge is 0.227 e. The Bertz CT molecular complexity index is 637. The van der Waals surface area contributed by atoms with E-state index in [1.807, 2.05) is 36.1 Å². The fourth-order valence-electron chi connectivity index (χ4n) is 2.72. The number of aromatic amines is 1. The number of H-pyrrole nitrogens is 1. The van der Waals surface area contributed by atoms with E-state index in [-0.39, 0.29) is 11.9 Å². The first-order valence-corrected chi connectivity index (χ1v) is 7.44. The largest absolute Gasteiger partial charge is 0.332 e. The van der Waals surface area contributed by atoms with Gasteiger partial charge >= 0.3 is 0 Å². The van der Waals surface area contributed by atoms with Crippen LogP contribution in [0.1, 0.15) is 36.1 Å². The normalized spacial score (nSPS) is 18.2. The monoisotopic (exact) mass is 304 g/mol. The van der Waals surface area contributed by atoms with Gasteiger partial charge in [-0.3, -0.25) is 9.89 Å². The van der Waals surface area contributed by atoms with E-state index in [0.29, 0.717) is 11.4 Å². The minimum Gasteiger partial charge on any atom is -0.332 e. The summed E-state index contributed by atoms with van der Waals surface area (Å²) in [6.45, 7) is 2.63. The lowest BCUT2D eigenvalue weighted by Crippen LogP contribution is -2.32. The molecule has 1 aliphatic rings. The molecule has 1 atom stereocenters. The standard InChI is InChI=1S/C15H17ClN4O/c1-10-17-15(19-18-10)13-3-2-8-20(13)14(21)9-11-4-6-12(16)7-5-11/h4-7,13H,2-3,8-9H2,1H3,(H,17,18,19)/t13-/m0/s1. The summed E-state index contributed by atoms with van der Waals surface area (Å²) in [7, 11) is 0. The van der Waals surface area contributed by atoms with Gasteiger partial charge in [0.25, 0.3) is 0 Å². The highest BCUT2D eigenvalue weighted by Crippen LogP contribution is 2.30. The number of aryl methyl sites for hydroxylation is 1. The molecule has 0 saturated carbocycles. The average molecular weight is 305 g/mol. The van der Waals surface area contributed by atoms with Gasteiger partial charge in [-0.15, -0.1) is 0 Å². The minimum absolute atomic E-state index is 0.00486. The minimum atomic E-state index is -0.00486. The van der Waals surface area contributed by atoms with Crippen molar-refractivity contribution in [2.24, 2.45) is 0 Å². The maximum absolute atomic E-state index is 12.5. The first-order chi connectivity index (χ1) is 10.1. The third-order valence-corrected chi connectivity index (χ3v) is 4.01. The van der Waals surface area contributed by atoms with Gasteiger partial charge in [0.05, 0.1) is 12.5 Å². The predicted octanol–water partition coefficient (Wildman–Crippen LogP) is 2.67. The number of carbonyl (C=O) groups excluding carboxylic acids is 1. The number of hydrogen-bond donors (Lipinski definition) is 1. The van der Waals surface area contributed by atoms with E-state index in [2.05, 4.69) is 15.2 Å². The van der Waals surface area contributed by atoms with Gasteiger partial charge in [-0.1, -0.05) is 23.7 Å². The Morgan fingerprint density at radius 3 is 2.86 bits per heavy atom.